The molecule has 0 radical (unpaired) electrons. The van der Waals surface area contributed by atoms with Gasteiger partial charge in [0, 0.05) is 7.11 Å². The second kappa shape index (κ2) is 8.82. The highest BCUT2D eigenvalue weighted by Gasteiger charge is 2.27. The first-order valence-electron chi connectivity index (χ1n) is 8.02. The Bertz CT molecular complexity index is 529. The summed E-state index contributed by atoms with van der Waals surface area (Å²) in [5.41, 5.74) is 1.46. The minimum Gasteiger partial charge on any atom is -0.386 e. The molecule has 5 nitrogen and oxygen atoms in total. The van der Waals surface area contributed by atoms with Crippen LogP contribution in [0.1, 0.15) is 37.4 Å². The Morgan fingerprint density at radius 3 is 2.61 bits per heavy atom. The minimum absolute atomic E-state index is 0.160. The van der Waals surface area contributed by atoms with E-state index < -0.39 is 24.2 Å². The first-order valence-corrected chi connectivity index (χ1v) is 8.02. The summed E-state index contributed by atoms with van der Waals surface area (Å²) >= 11 is 0. The molecule has 1 aliphatic carbocycles. The summed E-state index contributed by atoms with van der Waals surface area (Å²) in [6.07, 6.45) is 3.61. The van der Waals surface area contributed by atoms with Crippen molar-refractivity contribution < 1.29 is 19.7 Å². The second-order valence-electron chi connectivity index (χ2n) is 5.85. The van der Waals surface area contributed by atoms with E-state index in [1.54, 1.807) is 12.1 Å². The van der Waals surface area contributed by atoms with E-state index in [1.165, 1.54) is 7.11 Å². The Kier molecular flexibility index (Phi) is 6.77. The Hall–Kier alpha value is -1.69. The number of hydrogen-bond donors (Lipinski definition) is 3. The van der Waals surface area contributed by atoms with E-state index in [-0.39, 0.29) is 6.61 Å². The number of aliphatic hydroxyl groups excluding tert-OH is 2. The van der Waals surface area contributed by atoms with Crippen LogP contribution in [0.25, 0.3) is 0 Å². The quantitative estimate of drug-likeness (QED) is 0.669. The van der Waals surface area contributed by atoms with Gasteiger partial charge in [0.05, 0.1) is 12.6 Å². The smallest absolute Gasteiger partial charge is 0.253 e. The number of rotatable bonds is 7. The van der Waals surface area contributed by atoms with Gasteiger partial charge in [0.25, 0.3) is 5.91 Å². The van der Waals surface area contributed by atoms with Gasteiger partial charge in [0.15, 0.2) is 6.10 Å². The number of allylic oxidation sites excluding steroid dienone is 1. The number of carbonyl (C=O) groups is 1. The number of hydrogen-bond acceptors (Lipinski definition) is 4. The zero-order chi connectivity index (χ0) is 16.7. The summed E-state index contributed by atoms with van der Waals surface area (Å²) in [4.78, 5) is 12.3. The van der Waals surface area contributed by atoms with Crippen LogP contribution >= 0.6 is 0 Å². The number of methoxy groups -OCH3 is 1. The van der Waals surface area contributed by atoms with Crippen LogP contribution in [0.3, 0.4) is 0 Å². The van der Waals surface area contributed by atoms with E-state index in [4.69, 9.17) is 4.74 Å². The topological polar surface area (TPSA) is 78.8 Å². The Morgan fingerprint density at radius 2 is 2.00 bits per heavy atom. The van der Waals surface area contributed by atoms with Gasteiger partial charge in [-0.2, -0.15) is 0 Å². The SMILES string of the molecule is COC[C@H](NC(=O)[C@@H](O)C1=CCCCC1)[C@@H](O)c1ccccc1. The maximum absolute atomic E-state index is 12.3. The molecule has 1 aromatic carbocycles. The van der Waals surface area contributed by atoms with E-state index >= 15 is 0 Å². The maximum atomic E-state index is 12.3. The number of benzene rings is 1. The molecule has 0 bridgehead atoms. The fraction of sp³-hybridized carbons (Fsp3) is 0.500. The van der Waals surface area contributed by atoms with E-state index in [2.05, 4.69) is 5.32 Å². The summed E-state index contributed by atoms with van der Waals surface area (Å²) in [5.74, 6) is -0.491. The molecule has 3 atom stereocenters. The third-order valence-corrected chi connectivity index (χ3v) is 4.12. The van der Waals surface area contributed by atoms with Gasteiger partial charge in [0.2, 0.25) is 0 Å². The highest BCUT2D eigenvalue weighted by atomic mass is 16.5. The molecular formula is C18H25NO4. The van der Waals surface area contributed by atoms with Crippen molar-refractivity contribution in [3.63, 3.8) is 0 Å². The summed E-state index contributed by atoms with van der Waals surface area (Å²) < 4.78 is 5.10. The number of aliphatic hydroxyl groups is 2. The molecule has 3 N–H and O–H groups in total. The fourth-order valence-corrected chi connectivity index (χ4v) is 2.82. The number of amides is 1. The predicted octanol–water partition coefficient (Wildman–Crippen LogP) is 1.71. The Balaban J connectivity index is 2.03. The molecule has 0 aliphatic heterocycles. The molecule has 0 saturated heterocycles. The van der Waals surface area contributed by atoms with E-state index in [0.717, 1.165) is 31.3 Å². The highest BCUT2D eigenvalue weighted by molar-refractivity contribution is 5.84. The van der Waals surface area contributed by atoms with Gasteiger partial charge in [-0.3, -0.25) is 4.79 Å². The lowest BCUT2D eigenvalue weighted by atomic mass is 9.94. The van der Waals surface area contributed by atoms with E-state index in [0.29, 0.717) is 5.56 Å². The van der Waals surface area contributed by atoms with Crippen molar-refractivity contribution in [3.05, 3.63) is 47.5 Å². The van der Waals surface area contributed by atoms with Gasteiger partial charge in [-0.05, 0) is 36.8 Å². The first kappa shape index (κ1) is 17.7. The average Bonchev–Trinajstić information content (AvgIpc) is 2.61. The maximum Gasteiger partial charge on any atom is 0.253 e. The van der Waals surface area contributed by atoms with Crippen LogP contribution in [0.2, 0.25) is 0 Å². The lowest BCUT2D eigenvalue weighted by molar-refractivity contribution is -0.130. The Morgan fingerprint density at radius 1 is 1.26 bits per heavy atom. The standard InChI is InChI=1S/C18H25NO4/c1-23-12-15(16(20)13-8-4-2-5-9-13)19-18(22)17(21)14-10-6-3-7-11-14/h2,4-5,8-10,15-17,20-21H,3,6-7,11-12H2,1H3,(H,19,22)/t15-,16-,17-/m0/s1. The van der Waals surface area contributed by atoms with Gasteiger partial charge in [0.1, 0.15) is 6.10 Å². The molecule has 0 heterocycles. The second-order valence-corrected chi connectivity index (χ2v) is 5.85. The monoisotopic (exact) mass is 319 g/mol. The first-order chi connectivity index (χ1) is 11.1. The molecule has 0 fully saturated rings. The summed E-state index contributed by atoms with van der Waals surface area (Å²) in [6.45, 7) is 0.160. The molecule has 0 aromatic heterocycles. The molecule has 1 amide bonds. The van der Waals surface area contributed by atoms with Crippen LogP contribution in [0, 0.1) is 0 Å². The fourth-order valence-electron chi connectivity index (χ4n) is 2.82. The van der Waals surface area contributed by atoms with Crippen LogP contribution in [-0.4, -0.2) is 42.0 Å². The van der Waals surface area contributed by atoms with Crippen LogP contribution in [0.5, 0.6) is 0 Å². The van der Waals surface area contributed by atoms with Gasteiger partial charge in [-0.15, -0.1) is 0 Å². The summed E-state index contributed by atoms with van der Waals surface area (Å²) in [6, 6.07) is 8.48. The summed E-state index contributed by atoms with van der Waals surface area (Å²) in [7, 11) is 1.51. The predicted molar refractivity (Wildman–Crippen MR) is 87.8 cm³/mol. The van der Waals surface area contributed by atoms with Crippen LogP contribution < -0.4 is 5.32 Å². The van der Waals surface area contributed by atoms with Gasteiger partial charge in [-0.25, -0.2) is 0 Å². The molecule has 0 saturated carbocycles. The largest absolute Gasteiger partial charge is 0.386 e. The van der Waals surface area contributed by atoms with E-state index in [1.807, 2.05) is 24.3 Å². The van der Waals surface area contributed by atoms with Crippen molar-refractivity contribution >= 4 is 5.91 Å². The molecule has 126 valence electrons. The molecule has 2 rings (SSSR count). The normalized spacial score (nSPS) is 18.7. The van der Waals surface area contributed by atoms with Gasteiger partial charge < -0.3 is 20.3 Å². The van der Waals surface area contributed by atoms with Crippen molar-refractivity contribution in [1.29, 1.82) is 0 Å². The zero-order valence-electron chi connectivity index (χ0n) is 13.4. The van der Waals surface area contributed by atoms with Crippen LogP contribution in [0.15, 0.2) is 42.0 Å². The van der Waals surface area contributed by atoms with Crippen molar-refractivity contribution in [2.45, 2.75) is 43.9 Å². The van der Waals surface area contributed by atoms with Crippen molar-refractivity contribution in [1.82, 2.24) is 5.32 Å². The number of carbonyl (C=O) groups excluding carboxylic acids is 1. The lowest BCUT2D eigenvalue weighted by Gasteiger charge is -2.26. The molecule has 1 aromatic rings. The third-order valence-electron chi connectivity index (χ3n) is 4.12. The lowest BCUT2D eigenvalue weighted by Crippen LogP contribution is -2.47. The number of ether oxygens (including phenoxy) is 1. The van der Waals surface area contributed by atoms with Crippen molar-refractivity contribution in [3.8, 4) is 0 Å². The molecule has 5 heteroatoms. The Labute approximate surface area is 137 Å². The van der Waals surface area contributed by atoms with Crippen molar-refractivity contribution in [2.75, 3.05) is 13.7 Å². The molecule has 0 spiro atoms. The van der Waals surface area contributed by atoms with Crippen molar-refractivity contribution in [2.24, 2.45) is 0 Å². The van der Waals surface area contributed by atoms with E-state index in [9.17, 15) is 15.0 Å². The highest BCUT2D eigenvalue weighted by Crippen LogP contribution is 2.21. The van der Waals surface area contributed by atoms with Gasteiger partial charge in [-0.1, -0.05) is 36.4 Å². The molecule has 23 heavy (non-hydrogen) atoms. The van der Waals surface area contributed by atoms with Gasteiger partial charge >= 0.3 is 0 Å². The molecular weight excluding hydrogens is 294 g/mol. The van der Waals surface area contributed by atoms with Crippen LogP contribution in [-0.2, 0) is 9.53 Å². The molecule has 1 aliphatic rings. The van der Waals surface area contributed by atoms with Crippen LogP contribution in [0.4, 0.5) is 0 Å². The molecule has 0 unspecified atom stereocenters. The zero-order valence-corrected chi connectivity index (χ0v) is 13.4. The average molecular weight is 319 g/mol. The third kappa shape index (κ3) is 4.89. The number of nitrogens with one attached hydrogen (secondary N) is 1. The minimum atomic E-state index is -1.15. The summed E-state index contributed by atoms with van der Waals surface area (Å²) in [5, 5.41) is 23.4.